The van der Waals surface area contributed by atoms with Crippen LogP contribution in [0.5, 0.6) is 0 Å². The number of hydrogen-bond acceptors (Lipinski definition) is 2. The first-order valence-corrected chi connectivity index (χ1v) is 5.67. The maximum Gasteiger partial charge on any atom is 0.0231 e. The molecule has 0 heterocycles. The summed E-state index contributed by atoms with van der Waals surface area (Å²) in [5.74, 6) is 0. The molecule has 1 aromatic carbocycles. The van der Waals surface area contributed by atoms with Crippen LogP contribution in [0, 0.1) is 6.92 Å². The monoisotopic (exact) mass is 206 g/mol. The molecule has 0 radical (unpaired) electrons. The van der Waals surface area contributed by atoms with Crippen molar-refractivity contribution in [3.05, 3.63) is 35.4 Å². The summed E-state index contributed by atoms with van der Waals surface area (Å²) in [7, 11) is 2.16. The van der Waals surface area contributed by atoms with Crippen LogP contribution in [-0.2, 0) is 6.54 Å². The quantitative estimate of drug-likeness (QED) is 0.717. The van der Waals surface area contributed by atoms with Crippen LogP contribution in [0.3, 0.4) is 0 Å². The van der Waals surface area contributed by atoms with Crippen LogP contribution < -0.4 is 5.32 Å². The molecule has 1 aromatic rings. The summed E-state index contributed by atoms with van der Waals surface area (Å²) in [6.45, 7) is 8.52. The molecule has 84 valence electrons. The molecule has 0 bridgehead atoms. The Morgan fingerprint density at radius 2 is 1.87 bits per heavy atom. The minimum atomic E-state index is 1.03. The fraction of sp³-hybridized carbons (Fsp3) is 0.538. The zero-order chi connectivity index (χ0) is 11.1. The van der Waals surface area contributed by atoms with E-state index >= 15 is 0 Å². The predicted molar refractivity (Wildman–Crippen MR) is 66.1 cm³/mol. The van der Waals surface area contributed by atoms with Gasteiger partial charge in [0, 0.05) is 19.6 Å². The standard InChI is InChI=1S/C13H22N2/c1-4-14-9-10-15(3)11-13-7-5-12(2)6-8-13/h5-8,14H,4,9-11H2,1-3H3. The van der Waals surface area contributed by atoms with Gasteiger partial charge >= 0.3 is 0 Å². The molecule has 15 heavy (non-hydrogen) atoms. The Morgan fingerprint density at radius 3 is 2.47 bits per heavy atom. The first-order chi connectivity index (χ1) is 7.22. The number of rotatable bonds is 6. The average molecular weight is 206 g/mol. The maximum atomic E-state index is 3.33. The van der Waals surface area contributed by atoms with E-state index in [2.05, 4.69) is 55.4 Å². The molecule has 0 saturated heterocycles. The number of benzene rings is 1. The molecular weight excluding hydrogens is 184 g/mol. The second-order valence-electron chi connectivity index (χ2n) is 4.08. The molecule has 1 N–H and O–H groups in total. The topological polar surface area (TPSA) is 15.3 Å². The highest BCUT2D eigenvalue weighted by Gasteiger charge is 1.99. The van der Waals surface area contributed by atoms with E-state index < -0.39 is 0 Å². The van der Waals surface area contributed by atoms with Gasteiger partial charge in [-0.1, -0.05) is 36.8 Å². The zero-order valence-corrected chi connectivity index (χ0v) is 10.1. The lowest BCUT2D eigenvalue weighted by Gasteiger charge is -2.16. The van der Waals surface area contributed by atoms with Crippen molar-refractivity contribution in [3.8, 4) is 0 Å². The van der Waals surface area contributed by atoms with Crippen molar-refractivity contribution >= 4 is 0 Å². The molecule has 0 amide bonds. The second kappa shape index (κ2) is 6.59. The van der Waals surface area contributed by atoms with Gasteiger partial charge in [0.2, 0.25) is 0 Å². The van der Waals surface area contributed by atoms with Crippen molar-refractivity contribution in [2.24, 2.45) is 0 Å². The Kier molecular flexibility index (Phi) is 5.37. The van der Waals surface area contributed by atoms with E-state index in [1.807, 2.05) is 0 Å². The van der Waals surface area contributed by atoms with E-state index in [-0.39, 0.29) is 0 Å². The van der Waals surface area contributed by atoms with Gasteiger partial charge in [0.15, 0.2) is 0 Å². The van der Waals surface area contributed by atoms with Crippen LogP contribution in [0.25, 0.3) is 0 Å². The lowest BCUT2D eigenvalue weighted by Crippen LogP contribution is -2.28. The Balaban J connectivity index is 2.31. The van der Waals surface area contributed by atoms with Crippen LogP contribution in [0.4, 0.5) is 0 Å². The highest BCUT2D eigenvalue weighted by molar-refractivity contribution is 5.21. The van der Waals surface area contributed by atoms with Gasteiger partial charge in [-0.15, -0.1) is 0 Å². The summed E-state index contributed by atoms with van der Waals surface area (Å²) in [5, 5.41) is 3.33. The van der Waals surface area contributed by atoms with Crippen molar-refractivity contribution in [2.75, 3.05) is 26.7 Å². The third kappa shape index (κ3) is 4.96. The Hall–Kier alpha value is -0.860. The van der Waals surface area contributed by atoms with Crippen molar-refractivity contribution < 1.29 is 0 Å². The molecule has 0 aliphatic rings. The van der Waals surface area contributed by atoms with Crippen molar-refractivity contribution in [1.82, 2.24) is 10.2 Å². The van der Waals surface area contributed by atoms with Gasteiger partial charge in [-0.3, -0.25) is 0 Å². The minimum absolute atomic E-state index is 1.03. The minimum Gasteiger partial charge on any atom is -0.316 e. The highest BCUT2D eigenvalue weighted by atomic mass is 15.1. The Morgan fingerprint density at radius 1 is 1.20 bits per heavy atom. The van der Waals surface area contributed by atoms with Gasteiger partial charge in [0.25, 0.3) is 0 Å². The number of likely N-dealkylation sites (N-methyl/N-ethyl adjacent to an activating group) is 2. The Bertz CT molecular complexity index is 266. The van der Waals surface area contributed by atoms with E-state index in [4.69, 9.17) is 0 Å². The number of nitrogens with zero attached hydrogens (tertiary/aromatic N) is 1. The van der Waals surface area contributed by atoms with Gasteiger partial charge in [-0.05, 0) is 26.1 Å². The van der Waals surface area contributed by atoms with E-state index in [1.54, 1.807) is 0 Å². The summed E-state index contributed by atoms with van der Waals surface area (Å²) < 4.78 is 0. The van der Waals surface area contributed by atoms with Gasteiger partial charge in [-0.25, -0.2) is 0 Å². The fourth-order valence-corrected chi connectivity index (χ4v) is 1.53. The van der Waals surface area contributed by atoms with Crippen LogP contribution in [-0.4, -0.2) is 31.6 Å². The largest absolute Gasteiger partial charge is 0.316 e. The number of aryl methyl sites for hydroxylation is 1. The first kappa shape index (κ1) is 12.2. The molecule has 1 rings (SSSR count). The number of nitrogens with one attached hydrogen (secondary N) is 1. The van der Waals surface area contributed by atoms with Crippen molar-refractivity contribution in [1.29, 1.82) is 0 Å². The summed E-state index contributed by atoms with van der Waals surface area (Å²) in [4.78, 5) is 2.34. The van der Waals surface area contributed by atoms with E-state index in [9.17, 15) is 0 Å². The number of hydrogen-bond donors (Lipinski definition) is 1. The summed E-state index contributed by atoms with van der Waals surface area (Å²) in [6, 6.07) is 8.76. The lowest BCUT2D eigenvalue weighted by molar-refractivity contribution is 0.325. The van der Waals surface area contributed by atoms with E-state index in [1.165, 1.54) is 11.1 Å². The van der Waals surface area contributed by atoms with Crippen molar-refractivity contribution in [3.63, 3.8) is 0 Å². The molecule has 2 heteroatoms. The third-order valence-corrected chi connectivity index (χ3v) is 2.49. The lowest BCUT2D eigenvalue weighted by atomic mass is 10.1. The van der Waals surface area contributed by atoms with Gasteiger partial charge in [0.05, 0.1) is 0 Å². The van der Waals surface area contributed by atoms with Gasteiger partial charge in [-0.2, -0.15) is 0 Å². The van der Waals surface area contributed by atoms with Crippen LogP contribution >= 0.6 is 0 Å². The molecular formula is C13H22N2. The normalized spacial score (nSPS) is 10.9. The summed E-state index contributed by atoms with van der Waals surface area (Å²) in [6.07, 6.45) is 0. The van der Waals surface area contributed by atoms with Gasteiger partial charge < -0.3 is 10.2 Å². The molecule has 0 aromatic heterocycles. The molecule has 0 atom stereocenters. The van der Waals surface area contributed by atoms with Crippen molar-refractivity contribution in [2.45, 2.75) is 20.4 Å². The van der Waals surface area contributed by atoms with E-state index in [0.717, 1.165) is 26.2 Å². The third-order valence-electron chi connectivity index (χ3n) is 2.49. The van der Waals surface area contributed by atoms with Crippen LogP contribution in [0.1, 0.15) is 18.1 Å². The molecule has 0 fully saturated rings. The summed E-state index contributed by atoms with van der Waals surface area (Å²) >= 11 is 0. The molecule has 0 saturated carbocycles. The van der Waals surface area contributed by atoms with Crippen LogP contribution in [0.2, 0.25) is 0 Å². The zero-order valence-electron chi connectivity index (χ0n) is 10.1. The van der Waals surface area contributed by atoms with Gasteiger partial charge in [0.1, 0.15) is 0 Å². The molecule has 0 spiro atoms. The Labute approximate surface area is 93.3 Å². The first-order valence-electron chi connectivity index (χ1n) is 5.67. The smallest absolute Gasteiger partial charge is 0.0231 e. The SMILES string of the molecule is CCNCCN(C)Cc1ccc(C)cc1. The summed E-state index contributed by atoms with van der Waals surface area (Å²) in [5.41, 5.74) is 2.72. The highest BCUT2D eigenvalue weighted by Crippen LogP contribution is 2.05. The molecule has 0 aliphatic carbocycles. The van der Waals surface area contributed by atoms with Crippen LogP contribution in [0.15, 0.2) is 24.3 Å². The maximum absolute atomic E-state index is 3.33. The molecule has 0 unspecified atom stereocenters. The molecule has 0 aliphatic heterocycles. The fourth-order valence-electron chi connectivity index (χ4n) is 1.53. The van der Waals surface area contributed by atoms with E-state index in [0.29, 0.717) is 0 Å². The predicted octanol–water partition coefficient (Wildman–Crippen LogP) is 2.04. The molecule has 2 nitrogen and oxygen atoms in total. The second-order valence-corrected chi connectivity index (χ2v) is 4.08. The average Bonchev–Trinajstić information content (AvgIpc) is 2.22.